The molecular weight excluding hydrogens is 402 g/mol. The zero-order valence-electron chi connectivity index (χ0n) is 17.5. The summed E-state index contributed by atoms with van der Waals surface area (Å²) in [5.41, 5.74) is 2.41. The normalized spacial score (nSPS) is 10.9. The first kappa shape index (κ1) is 19.6. The molecular formula is C26H21N3O3. The fourth-order valence-corrected chi connectivity index (χ4v) is 3.71. The first-order chi connectivity index (χ1) is 15.7. The average Bonchev–Trinajstić information content (AvgIpc) is 3.24. The van der Waals surface area contributed by atoms with Crippen LogP contribution in [0.25, 0.3) is 21.7 Å². The number of ether oxygens (including phenoxy) is 2. The molecule has 0 saturated heterocycles. The molecule has 0 spiro atoms. The van der Waals surface area contributed by atoms with Gasteiger partial charge in [0, 0.05) is 10.9 Å². The summed E-state index contributed by atoms with van der Waals surface area (Å²) in [6.45, 7) is 0.401. The van der Waals surface area contributed by atoms with Gasteiger partial charge in [-0.2, -0.15) is 5.10 Å². The maximum Gasteiger partial charge on any atom is 0.257 e. The van der Waals surface area contributed by atoms with Gasteiger partial charge in [-0.15, -0.1) is 0 Å². The maximum absolute atomic E-state index is 13.0. The third-order valence-electron chi connectivity index (χ3n) is 5.34. The van der Waals surface area contributed by atoms with Crippen LogP contribution >= 0.6 is 0 Å². The van der Waals surface area contributed by atoms with Gasteiger partial charge in [-0.25, -0.2) is 0 Å². The smallest absolute Gasteiger partial charge is 0.257 e. The number of amides is 1. The molecule has 2 N–H and O–H groups in total. The predicted octanol–water partition coefficient (Wildman–Crippen LogP) is 5.56. The zero-order valence-corrected chi connectivity index (χ0v) is 17.5. The Morgan fingerprint density at radius 1 is 0.906 bits per heavy atom. The molecule has 4 aromatic carbocycles. The third kappa shape index (κ3) is 3.86. The topological polar surface area (TPSA) is 76.2 Å². The standard InChI is InChI=1S/C26H21N3O3/c1-31-19-9-4-6-17(14-19)16-32-20-12-13-24-23(15-20)25(29-28-24)27-26(30)22-11-5-8-18-7-2-3-10-21(18)22/h2-15H,16H2,1H3,(H2,27,28,29,30). The Labute approximate surface area is 184 Å². The van der Waals surface area contributed by atoms with E-state index in [0.717, 1.165) is 33.0 Å². The van der Waals surface area contributed by atoms with Crippen molar-refractivity contribution in [3.05, 3.63) is 96.1 Å². The third-order valence-corrected chi connectivity index (χ3v) is 5.34. The number of nitrogens with one attached hydrogen (secondary N) is 2. The van der Waals surface area contributed by atoms with Crippen molar-refractivity contribution in [3.63, 3.8) is 0 Å². The van der Waals surface area contributed by atoms with Gasteiger partial charge in [0.05, 0.1) is 12.6 Å². The molecule has 5 rings (SSSR count). The van der Waals surface area contributed by atoms with Crippen molar-refractivity contribution in [1.82, 2.24) is 10.2 Å². The van der Waals surface area contributed by atoms with Gasteiger partial charge in [0.15, 0.2) is 5.82 Å². The van der Waals surface area contributed by atoms with Crippen LogP contribution < -0.4 is 14.8 Å². The second-order valence-corrected chi connectivity index (χ2v) is 7.40. The number of H-pyrrole nitrogens is 1. The quantitative estimate of drug-likeness (QED) is 0.375. The highest BCUT2D eigenvalue weighted by Gasteiger charge is 2.14. The van der Waals surface area contributed by atoms with E-state index in [1.165, 1.54) is 0 Å². The van der Waals surface area contributed by atoms with Crippen LogP contribution in [0.3, 0.4) is 0 Å². The van der Waals surface area contributed by atoms with Gasteiger partial charge < -0.3 is 14.8 Å². The Kier molecular flexibility index (Phi) is 5.17. The number of carbonyl (C=O) groups is 1. The number of aromatic amines is 1. The molecule has 6 nitrogen and oxygen atoms in total. The molecule has 0 bridgehead atoms. The molecule has 0 radical (unpaired) electrons. The molecule has 0 saturated carbocycles. The molecule has 0 atom stereocenters. The van der Waals surface area contributed by atoms with E-state index >= 15 is 0 Å². The van der Waals surface area contributed by atoms with E-state index in [4.69, 9.17) is 9.47 Å². The Bertz CT molecular complexity index is 1420. The molecule has 0 unspecified atom stereocenters. The van der Waals surface area contributed by atoms with Gasteiger partial charge in [-0.3, -0.25) is 9.89 Å². The molecule has 1 heterocycles. The number of hydrogen-bond donors (Lipinski definition) is 2. The fourth-order valence-electron chi connectivity index (χ4n) is 3.71. The van der Waals surface area contributed by atoms with Gasteiger partial charge in [0.25, 0.3) is 5.91 Å². The highest BCUT2D eigenvalue weighted by atomic mass is 16.5. The lowest BCUT2D eigenvalue weighted by atomic mass is 10.0. The summed E-state index contributed by atoms with van der Waals surface area (Å²) < 4.78 is 11.2. The van der Waals surface area contributed by atoms with Gasteiger partial charge >= 0.3 is 0 Å². The molecule has 1 amide bonds. The van der Waals surface area contributed by atoms with Crippen LogP contribution in [-0.4, -0.2) is 23.2 Å². The summed E-state index contributed by atoms with van der Waals surface area (Å²) in [4.78, 5) is 13.0. The van der Waals surface area contributed by atoms with Crippen LogP contribution in [0.1, 0.15) is 15.9 Å². The van der Waals surface area contributed by atoms with E-state index in [1.54, 1.807) is 7.11 Å². The molecule has 158 valence electrons. The molecule has 0 aliphatic carbocycles. The lowest BCUT2D eigenvalue weighted by Gasteiger charge is -2.09. The number of methoxy groups -OCH3 is 1. The van der Waals surface area contributed by atoms with E-state index in [1.807, 2.05) is 84.9 Å². The maximum atomic E-state index is 13.0. The van der Waals surface area contributed by atoms with Crippen molar-refractivity contribution in [3.8, 4) is 11.5 Å². The van der Waals surface area contributed by atoms with Crippen molar-refractivity contribution in [2.24, 2.45) is 0 Å². The van der Waals surface area contributed by atoms with Crippen LogP contribution in [0, 0.1) is 0 Å². The first-order valence-corrected chi connectivity index (χ1v) is 10.2. The van der Waals surface area contributed by atoms with Crippen molar-refractivity contribution in [1.29, 1.82) is 0 Å². The van der Waals surface area contributed by atoms with E-state index < -0.39 is 0 Å². The summed E-state index contributed by atoms with van der Waals surface area (Å²) >= 11 is 0. The lowest BCUT2D eigenvalue weighted by Crippen LogP contribution is -2.12. The van der Waals surface area contributed by atoms with E-state index in [-0.39, 0.29) is 5.91 Å². The molecule has 32 heavy (non-hydrogen) atoms. The average molecular weight is 423 g/mol. The van der Waals surface area contributed by atoms with Crippen LogP contribution in [0.4, 0.5) is 5.82 Å². The second-order valence-electron chi connectivity index (χ2n) is 7.40. The minimum Gasteiger partial charge on any atom is -0.497 e. The van der Waals surface area contributed by atoms with E-state index in [9.17, 15) is 4.79 Å². The van der Waals surface area contributed by atoms with Crippen LogP contribution in [-0.2, 0) is 6.61 Å². The van der Waals surface area contributed by atoms with Crippen LogP contribution in [0.15, 0.2) is 84.9 Å². The van der Waals surface area contributed by atoms with Crippen molar-refractivity contribution in [2.45, 2.75) is 6.61 Å². The Hall–Kier alpha value is -4.32. The van der Waals surface area contributed by atoms with Crippen molar-refractivity contribution >= 4 is 33.4 Å². The van der Waals surface area contributed by atoms with Gasteiger partial charge in [-0.1, -0.05) is 48.5 Å². The van der Waals surface area contributed by atoms with Crippen molar-refractivity contribution in [2.75, 3.05) is 12.4 Å². The number of benzene rings is 4. The second kappa shape index (κ2) is 8.43. The molecule has 1 aromatic heterocycles. The predicted molar refractivity (Wildman–Crippen MR) is 125 cm³/mol. The summed E-state index contributed by atoms with van der Waals surface area (Å²) in [7, 11) is 1.64. The SMILES string of the molecule is COc1cccc(COc2ccc3[nH]nc(NC(=O)c4cccc5ccccc45)c3c2)c1. The van der Waals surface area contributed by atoms with Crippen molar-refractivity contribution < 1.29 is 14.3 Å². The minimum absolute atomic E-state index is 0.210. The number of rotatable bonds is 6. The van der Waals surface area contributed by atoms with E-state index in [0.29, 0.717) is 23.7 Å². The van der Waals surface area contributed by atoms with E-state index in [2.05, 4.69) is 15.5 Å². The molecule has 0 aliphatic heterocycles. The highest BCUT2D eigenvalue weighted by Crippen LogP contribution is 2.27. The lowest BCUT2D eigenvalue weighted by molar-refractivity contribution is 0.102. The molecule has 0 aliphatic rings. The van der Waals surface area contributed by atoms with Crippen LogP contribution in [0.5, 0.6) is 11.5 Å². The first-order valence-electron chi connectivity index (χ1n) is 10.2. The molecule has 5 aromatic rings. The summed E-state index contributed by atoms with van der Waals surface area (Å²) in [5.74, 6) is 1.72. The molecule has 0 fully saturated rings. The fraction of sp³-hybridized carbons (Fsp3) is 0.0769. The largest absolute Gasteiger partial charge is 0.497 e. The number of anilines is 1. The van der Waals surface area contributed by atoms with Gasteiger partial charge in [0.2, 0.25) is 0 Å². The summed E-state index contributed by atoms with van der Waals surface area (Å²) in [6.07, 6.45) is 0. The van der Waals surface area contributed by atoms with Gasteiger partial charge in [0.1, 0.15) is 18.1 Å². The van der Waals surface area contributed by atoms with Gasteiger partial charge in [-0.05, 0) is 52.7 Å². The Morgan fingerprint density at radius 2 is 1.75 bits per heavy atom. The number of carbonyl (C=O) groups excluding carboxylic acids is 1. The number of aromatic nitrogens is 2. The highest BCUT2D eigenvalue weighted by molar-refractivity contribution is 6.14. The number of fused-ring (bicyclic) bond motifs is 2. The Balaban J connectivity index is 1.38. The number of hydrogen-bond acceptors (Lipinski definition) is 4. The minimum atomic E-state index is -0.210. The van der Waals surface area contributed by atoms with Crippen LogP contribution in [0.2, 0.25) is 0 Å². The zero-order chi connectivity index (χ0) is 21.9. The summed E-state index contributed by atoms with van der Waals surface area (Å²) in [5, 5.41) is 12.9. The molecule has 6 heteroatoms. The number of nitrogens with zero attached hydrogens (tertiary/aromatic N) is 1. The monoisotopic (exact) mass is 423 g/mol. The summed E-state index contributed by atoms with van der Waals surface area (Å²) in [6, 6.07) is 26.9. The Morgan fingerprint density at radius 3 is 2.66 bits per heavy atom.